The number of halogens is 3. The molecule has 1 N–H and O–H groups in total. The van der Waals surface area contributed by atoms with Gasteiger partial charge in [0.05, 0.1) is 25.5 Å². The molecule has 8 heteroatoms. The van der Waals surface area contributed by atoms with Crippen LogP contribution in [0.4, 0.5) is 13.2 Å². The fourth-order valence-corrected chi connectivity index (χ4v) is 4.24. The van der Waals surface area contributed by atoms with Gasteiger partial charge in [0.15, 0.2) is 11.5 Å². The highest BCUT2D eigenvalue weighted by molar-refractivity contribution is 5.95. The molecule has 4 rings (SSSR count). The Balaban J connectivity index is 1.91. The van der Waals surface area contributed by atoms with Crippen molar-refractivity contribution in [1.82, 2.24) is 10.3 Å². The van der Waals surface area contributed by atoms with Crippen LogP contribution in [0.15, 0.2) is 97.2 Å². The molecule has 37 heavy (non-hydrogen) atoms. The highest BCUT2D eigenvalue weighted by Crippen LogP contribution is 2.37. The van der Waals surface area contributed by atoms with Crippen LogP contribution in [-0.4, -0.2) is 25.1 Å². The Bertz CT molecular complexity index is 1360. The number of ether oxygens (including phenoxy) is 2. The second-order valence-electron chi connectivity index (χ2n) is 8.39. The minimum Gasteiger partial charge on any atom is -0.493 e. The molecule has 0 saturated heterocycles. The van der Waals surface area contributed by atoms with Crippen LogP contribution >= 0.6 is 0 Å². The summed E-state index contributed by atoms with van der Waals surface area (Å²) >= 11 is 0. The Labute approximate surface area is 212 Å². The lowest BCUT2D eigenvalue weighted by Crippen LogP contribution is -2.49. The lowest BCUT2D eigenvalue weighted by atomic mass is 9.79. The maximum Gasteiger partial charge on any atom is 0.416 e. The summed E-state index contributed by atoms with van der Waals surface area (Å²) in [6, 6.07) is 24.0. The van der Waals surface area contributed by atoms with Crippen LogP contribution in [0.25, 0.3) is 0 Å². The topological polar surface area (TPSA) is 60.5 Å². The standard InChI is InChI=1S/C29H25F3N2O3/c1-36-24-15-14-21(17-25(24)37-2)27(35)34-28(26-13-6-7-16-33-26,19-20-9-4-3-5-10-20)22-11-8-12-23(18-22)29(30,31)32/h3-18H,19H2,1-2H3,(H,34,35). The van der Waals surface area contributed by atoms with Crippen LogP contribution in [0, 0.1) is 0 Å². The molecule has 1 amide bonds. The lowest BCUT2D eigenvalue weighted by molar-refractivity contribution is -0.137. The van der Waals surface area contributed by atoms with Crippen molar-refractivity contribution in [3.8, 4) is 11.5 Å². The number of alkyl halides is 3. The van der Waals surface area contributed by atoms with Crippen molar-refractivity contribution in [2.45, 2.75) is 18.1 Å². The number of nitrogens with zero attached hydrogens (tertiary/aromatic N) is 1. The minimum absolute atomic E-state index is 0.158. The fourth-order valence-electron chi connectivity index (χ4n) is 4.24. The number of amides is 1. The molecule has 0 bridgehead atoms. The normalized spacial score (nSPS) is 12.9. The number of hydrogen-bond donors (Lipinski definition) is 1. The molecule has 1 aromatic heterocycles. The summed E-state index contributed by atoms with van der Waals surface area (Å²) in [5.74, 6) is 0.276. The number of rotatable bonds is 8. The highest BCUT2D eigenvalue weighted by atomic mass is 19.4. The summed E-state index contributed by atoms with van der Waals surface area (Å²) < 4.78 is 51.8. The molecule has 0 aliphatic carbocycles. The number of aromatic nitrogens is 1. The van der Waals surface area contributed by atoms with Gasteiger partial charge in [0.2, 0.25) is 0 Å². The first-order valence-electron chi connectivity index (χ1n) is 11.4. The van der Waals surface area contributed by atoms with E-state index in [1.807, 2.05) is 30.3 Å². The molecule has 1 heterocycles. The second-order valence-corrected chi connectivity index (χ2v) is 8.39. The summed E-state index contributed by atoms with van der Waals surface area (Å²) in [4.78, 5) is 18.2. The van der Waals surface area contributed by atoms with Gasteiger partial charge in [-0.1, -0.05) is 48.5 Å². The van der Waals surface area contributed by atoms with Crippen LogP contribution in [0.2, 0.25) is 0 Å². The quantitative estimate of drug-likeness (QED) is 0.317. The van der Waals surface area contributed by atoms with Crippen molar-refractivity contribution in [1.29, 1.82) is 0 Å². The van der Waals surface area contributed by atoms with Gasteiger partial charge in [-0.05, 0) is 53.6 Å². The van der Waals surface area contributed by atoms with Gasteiger partial charge < -0.3 is 14.8 Å². The predicted octanol–water partition coefficient (Wildman–Crippen LogP) is 6.03. The SMILES string of the molecule is COc1ccc(C(=O)NC(Cc2ccccc2)(c2cccc(C(F)(F)F)c2)c2ccccn2)cc1OC. The molecule has 0 aliphatic rings. The predicted molar refractivity (Wildman–Crippen MR) is 134 cm³/mol. The first-order valence-corrected chi connectivity index (χ1v) is 11.4. The van der Waals surface area contributed by atoms with Crippen molar-refractivity contribution in [3.05, 3.63) is 125 Å². The molecule has 1 atom stereocenters. The first kappa shape index (κ1) is 25.8. The van der Waals surface area contributed by atoms with E-state index in [-0.39, 0.29) is 17.5 Å². The average Bonchev–Trinajstić information content (AvgIpc) is 2.92. The van der Waals surface area contributed by atoms with E-state index in [1.165, 1.54) is 26.4 Å². The molecule has 0 aliphatic heterocycles. The number of methoxy groups -OCH3 is 2. The number of hydrogen-bond acceptors (Lipinski definition) is 4. The van der Waals surface area contributed by atoms with Crippen LogP contribution in [0.5, 0.6) is 11.5 Å². The van der Waals surface area contributed by atoms with Crippen molar-refractivity contribution in [2.24, 2.45) is 0 Å². The summed E-state index contributed by atoms with van der Waals surface area (Å²) in [5.41, 5.74) is -0.547. The van der Waals surface area contributed by atoms with Gasteiger partial charge >= 0.3 is 6.18 Å². The van der Waals surface area contributed by atoms with Gasteiger partial charge in [-0.2, -0.15) is 13.2 Å². The minimum atomic E-state index is -4.56. The molecule has 4 aromatic rings. The van der Waals surface area contributed by atoms with E-state index in [1.54, 1.807) is 42.6 Å². The van der Waals surface area contributed by atoms with Crippen molar-refractivity contribution in [3.63, 3.8) is 0 Å². The van der Waals surface area contributed by atoms with Gasteiger partial charge in [-0.3, -0.25) is 9.78 Å². The second kappa shape index (κ2) is 10.7. The van der Waals surface area contributed by atoms with Crippen LogP contribution in [-0.2, 0) is 18.1 Å². The molecule has 0 radical (unpaired) electrons. The van der Waals surface area contributed by atoms with Gasteiger partial charge in [0, 0.05) is 18.2 Å². The van der Waals surface area contributed by atoms with Gasteiger partial charge in [0.25, 0.3) is 5.91 Å². The summed E-state index contributed by atoms with van der Waals surface area (Å²) in [5, 5.41) is 3.03. The van der Waals surface area contributed by atoms with Crippen molar-refractivity contribution < 1.29 is 27.4 Å². The molecular weight excluding hydrogens is 481 g/mol. The van der Waals surface area contributed by atoms with E-state index in [4.69, 9.17) is 9.47 Å². The van der Waals surface area contributed by atoms with E-state index in [0.717, 1.165) is 17.7 Å². The largest absolute Gasteiger partial charge is 0.493 e. The van der Waals surface area contributed by atoms with Crippen molar-refractivity contribution in [2.75, 3.05) is 14.2 Å². The average molecular weight is 507 g/mol. The molecule has 0 fully saturated rings. The highest BCUT2D eigenvalue weighted by Gasteiger charge is 2.40. The molecule has 5 nitrogen and oxygen atoms in total. The zero-order valence-corrected chi connectivity index (χ0v) is 20.3. The van der Waals surface area contributed by atoms with Crippen molar-refractivity contribution >= 4 is 5.91 Å². The van der Waals surface area contributed by atoms with E-state index in [0.29, 0.717) is 17.2 Å². The molecular formula is C29H25F3N2O3. The Hall–Kier alpha value is -4.33. The number of nitrogens with one attached hydrogen (secondary N) is 1. The Morgan fingerprint density at radius 3 is 2.16 bits per heavy atom. The Kier molecular flexibility index (Phi) is 7.47. The number of carbonyl (C=O) groups excluding carboxylic acids is 1. The number of carbonyl (C=O) groups is 1. The maximum absolute atomic E-state index is 13.7. The number of pyridine rings is 1. The summed E-state index contributed by atoms with van der Waals surface area (Å²) in [6.45, 7) is 0. The third-order valence-electron chi connectivity index (χ3n) is 6.07. The zero-order chi connectivity index (χ0) is 26.5. The van der Waals surface area contributed by atoms with Crippen LogP contribution < -0.4 is 14.8 Å². The maximum atomic E-state index is 13.7. The van der Waals surface area contributed by atoms with Crippen LogP contribution in [0.3, 0.4) is 0 Å². The van der Waals surface area contributed by atoms with Gasteiger partial charge in [0.1, 0.15) is 5.54 Å². The molecule has 1 unspecified atom stereocenters. The molecule has 0 spiro atoms. The van der Waals surface area contributed by atoms with E-state index < -0.39 is 23.2 Å². The third-order valence-corrected chi connectivity index (χ3v) is 6.07. The molecule has 3 aromatic carbocycles. The number of benzene rings is 3. The van der Waals surface area contributed by atoms with E-state index in [9.17, 15) is 18.0 Å². The summed E-state index contributed by atoms with van der Waals surface area (Å²) in [7, 11) is 2.94. The molecule has 0 saturated carbocycles. The lowest BCUT2D eigenvalue weighted by Gasteiger charge is -2.36. The third kappa shape index (κ3) is 5.58. The van der Waals surface area contributed by atoms with Crippen LogP contribution in [0.1, 0.15) is 32.7 Å². The Morgan fingerprint density at radius 1 is 0.811 bits per heavy atom. The first-order chi connectivity index (χ1) is 17.8. The summed E-state index contributed by atoms with van der Waals surface area (Å²) in [6.07, 6.45) is -2.86. The smallest absolute Gasteiger partial charge is 0.416 e. The van der Waals surface area contributed by atoms with E-state index in [2.05, 4.69) is 10.3 Å². The zero-order valence-electron chi connectivity index (χ0n) is 20.3. The fraction of sp³-hybridized carbons (Fsp3) is 0.172. The monoisotopic (exact) mass is 506 g/mol. The Morgan fingerprint density at radius 2 is 1.51 bits per heavy atom. The molecule has 190 valence electrons. The van der Waals surface area contributed by atoms with Gasteiger partial charge in [-0.15, -0.1) is 0 Å². The van der Waals surface area contributed by atoms with Gasteiger partial charge in [-0.25, -0.2) is 0 Å². The van der Waals surface area contributed by atoms with E-state index >= 15 is 0 Å².